The normalized spacial score (nSPS) is 26.9. The first-order valence-corrected chi connectivity index (χ1v) is 6.95. The Labute approximate surface area is 116 Å². The standard InChI is InChI=1S/C16H14N2O2/c1-7-8(2)18-14-13(17-7)15(19)11-9-3-5-10(6-4-9)12(11)16(14)20/h3,5,9-10H,4,6H2,1-2H3/t9-,10+. The van der Waals surface area contributed by atoms with E-state index in [1.165, 1.54) is 0 Å². The maximum absolute atomic E-state index is 12.7. The number of nitrogens with zero attached hydrogens (tertiary/aromatic N) is 2. The summed E-state index contributed by atoms with van der Waals surface area (Å²) < 4.78 is 0. The molecule has 4 aliphatic rings. The lowest BCUT2D eigenvalue weighted by atomic mass is 9.66. The second kappa shape index (κ2) is 3.72. The Kier molecular flexibility index (Phi) is 2.18. The van der Waals surface area contributed by atoms with Gasteiger partial charge in [0, 0.05) is 23.0 Å². The van der Waals surface area contributed by atoms with E-state index in [0.717, 1.165) is 12.8 Å². The van der Waals surface area contributed by atoms with Crippen LogP contribution < -0.4 is 0 Å². The van der Waals surface area contributed by atoms with Gasteiger partial charge in [-0.05, 0) is 26.7 Å². The van der Waals surface area contributed by atoms with Crippen molar-refractivity contribution in [3.63, 3.8) is 0 Å². The minimum Gasteiger partial charge on any atom is -0.287 e. The topological polar surface area (TPSA) is 59.9 Å². The van der Waals surface area contributed by atoms with Gasteiger partial charge >= 0.3 is 0 Å². The first-order valence-electron chi connectivity index (χ1n) is 6.95. The molecule has 0 saturated heterocycles. The molecule has 0 unspecified atom stereocenters. The number of aromatic nitrogens is 2. The van der Waals surface area contributed by atoms with Gasteiger partial charge in [0.15, 0.2) is 0 Å². The first-order chi connectivity index (χ1) is 9.58. The van der Waals surface area contributed by atoms with Crippen molar-refractivity contribution < 1.29 is 9.59 Å². The third-order valence-corrected chi connectivity index (χ3v) is 4.62. The van der Waals surface area contributed by atoms with Crippen LogP contribution in [0.15, 0.2) is 23.3 Å². The van der Waals surface area contributed by atoms with Gasteiger partial charge in [-0.3, -0.25) is 9.59 Å². The number of rotatable bonds is 0. The summed E-state index contributed by atoms with van der Waals surface area (Å²) in [6.07, 6.45) is 6.04. The van der Waals surface area contributed by atoms with Gasteiger partial charge in [-0.15, -0.1) is 0 Å². The zero-order valence-corrected chi connectivity index (χ0v) is 11.4. The van der Waals surface area contributed by atoms with Gasteiger partial charge in [-0.1, -0.05) is 12.2 Å². The maximum atomic E-state index is 12.7. The molecule has 100 valence electrons. The number of aryl methyl sites for hydroxylation is 2. The van der Waals surface area contributed by atoms with Crippen LogP contribution in [0.1, 0.15) is 45.2 Å². The molecular formula is C16H14N2O2. The van der Waals surface area contributed by atoms with Gasteiger partial charge in [-0.25, -0.2) is 9.97 Å². The zero-order chi connectivity index (χ0) is 14.0. The summed E-state index contributed by atoms with van der Waals surface area (Å²) >= 11 is 0. The number of allylic oxidation sites excluding steroid dienone is 4. The molecule has 4 heteroatoms. The molecule has 1 aromatic heterocycles. The summed E-state index contributed by atoms with van der Waals surface area (Å²) in [5.41, 5.74) is 3.28. The van der Waals surface area contributed by atoms with Crippen molar-refractivity contribution in [2.45, 2.75) is 26.7 Å². The van der Waals surface area contributed by atoms with E-state index in [2.05, 4.69) is 22.1 Å². The summed E-state index contributed by atoms with van der Waals surface area (Å²) in [4.78, 5) is 34.1. The highest BCUT2D eigenvalue weighted by Crippen LogP contribution is 2.45. The minimum absolute atomic E-state index is 0.0861. The molecule has 2 bridgehead atoms. The van der Waals surface area contributed by atoms with E-state index in [1.807, 2.05) is 13.8 Å². The highest BCUT2D eigenvalue weighted by molar-refractivity contribution is 6.26. The Morgan fingerprint density at radius 2 is 1.25 bits per heavy atom. The van der Waals surface area contributed by atoms with Gasteiger partial charge in [-0.2, -0.15) is 0 Å². The molecule has 0 radical (unpaired) electrons. The molecule has 2 atom stereocenters. The van der Waals surface area contributed by atoms with Crippen molar-refractivity contribution in [1.29, 1.82) is 0 Å². The summed E-state index contributed by atoms with van der Waals surface area (Å²) in [6.45, 7) is 3.63. The smallest absolute Gasteiger partial charge is 0.210 e. The van der Waals surface area contributed by atoms with Gasteiger partial charge < -0.3 is 0 Å². The third-order valence-electron chi connectivity index (χ3n) is 4.62. The fraction of sp³-hybridized carbons (Fsp3) is 0.375. The minimum atomic E-state index is -0.0933. The Bertz CT molecular complexity index is 682. The highest BCUT2D eigenvalue weighted by atomic mass is 16.1. The second-order valence-electron chi connectivity index (χ2n) is 5.75. The molecule has 0 aliphatic heterocycles. The van der Waals surface area contributed by atoms with Gasteiger partial charge in [0.05, 0.1) is 11.4 Å². The van der Waals surface area contributed by atoms with Crippen LogP contribution in [0, 0.1) is 25.7 Å². The van der Waals surface area contributed by atoms with E-state index in [-0.39, 0.29) is 34.8 Å². The van der Waals surface area contributed by atoms with Crippen molar-refractivity contribution in [3.05, 3.63) is 46.1 Å². The predicted molar refractivity (Wildman–Crippen MR) is 72.5 cm³/mol. The van der Waals surface area contributed by atoms with Crippen LogP contribution >= 0.6 is 0 Å². The average Bonchev–Trinajstić information content (AvgIpc) is 2.47. The molecule has 0 amide bonds. The summed E-state index contributed by atoms with van der Waals surface area (Å²) in [5.74, 6) is -0.0143. The van der Waals surface area contributed by atoms with Crippen LogP contribution in [0.3, 0.4) is 0 Å². The molecule has 4 nitrogen and oxygen atoms in total. The van der Waals surface area contributed by atoms with Crippen LogP contribution in [0.5, 0.6) is 0 Å². The van der Waals surface area contributed by atoms with Crippen molar-refractivity contribution in [2.24, 2.45) is 11.8 Å². The molecule has 20 heavy (non-hydrogen) atoms. The monoisotopic (exact) mass is 266 g/mol. The quantitative estimate of drug-likeness (QED) is 0.676. The molecule has 5 rings (SSSR count). The van der Waals surface area contributed by atoms with E-state index in [1.54, 1.807) is 0 Å². The van der Waals surface area contributed by atoms with Crippen molar-refractivity contribution >= 4 is 11.6 Å². The molecule has 0 aromatic carbocycles. The van der Waals surface area contributed by atoms with Crippen molar-refractivity contribution in [1.82, 2.24) is 9.97 Å². The van der Waals surface area contributed by atoms with E-state index in [9.17, 15) is 9.59 Å². The molecule has 1 aromatic rings. The summed E-state index contributed by atoms with van der Waals surface area (Å²) in [6, 6.07) is 0. The molecule has 4 aliphatic carbocycles. The molecule has 1 heterocycles. The molecule has 0 spiro atoms. The van der Waals surface area contributed by atoms with Crippen LogP contribution in [0.4, 0.5) is 0 Å². The van der Waals surface area contributed by atoms with E-state index < -0.39 is 0 Å². The van der Waals surface area contributed by atoms with Crippen LogP contribution in [-0.2, 0) is 0 Å². The molecular weight excluding hydrogens is 252 g/mol. The van der Waals surface area contributed by atoms with Crippen LogP contribution in [0.25, 0.3) is 0 Å². The fourth-order valence-electron chi connectivity index (χ4n) is 3.46. The van der Waals surface area contributed by atoms with Gasteiger partial charge in [0.25, 0.3) is 0 Å². The zero-order valence-electron chi connectivity index (χ0n) is 11.4. The SMILES string of the molecule is Cc1nc2c(nc1C)C(=O)C1=C(C2=O)[C@@H]2C=C[C@H]1CC2. The first kappa shape index (κ1) is 11.7. The number of hydrogen-bond donors (Lipinski definition) is 0. The van der Waals surface area contributed by atoms with E-state index in [0.29, 0.717) is 22.5 Å². The number of hydrogen-bond acceptors (Lipinski definition) is 4. The molecule has 0 saturated carbocycles. The Hall–Kier alpha value is -2.10. The second-order valence-corrected chi connectivity index (χ2v) is 5.75. The Balaban J connectivity index is 1.98. The lowest BCUT2D eigenvalue weighted by Crippen LogP contribution is -2.36. The summed E-state index contributed by atoms with van der Waals surface area (Å²) in [7, 11) is 0. The Morgan fingerprint density at radius 1 is 0.850 bits per heavy atom. The molecule has 0 fully saturated rings. The van der Waals surface area contributed by atoms with E-state index in [4.69, 9.17) is 0 Å². The fourth-order valence-corrected chi connectivity index (χ4v) is 3.46. The number of carbonyl (C=O) groups is 2. The highest BCUT2D eigenvalue weighted by Gasteiger charge is 2.44. The Morgan fingerprint density at radius 3 is 1.60 bits per heavy atom. The largest absolute Gasteiger partial charge is 0.287 e. The van der Waals surface area contributed by atoms with Crippen molar-refractivity contribution in [3.8, 4) is 0 Å². The maximum Gasteiger partial charge on any atom is 0.210 e. The van der Waals surface area contributed by atoms with Gasteiger partial charge in [0.1, 0.15) is 11.4 Å². The number of carbonyl (C=O) groups excluding carboxylic acids is 2. The van der Waals surface area contributed by atoms with E-state index >= 15 is 0 Å². The third kappa shape index (κ3) is 1.31. The van der Waals surface area contributed by atoms with Crippen LogP contribution in [0.2, 0.25) is 0 Å². The van der Waals surface area contributed by atoms with Gasteiger partial charge in [0.2, 0.25) is 11.6 Å². The predicted octanol–water partition coefficient (Wildman–Crippen LogP) is 2.37. The number of Topliss-reactive ketones (excluding diaryl/α,β-unsaturated/α-hetero) is 2. The average molecular weight is 266 g/mol. The lowest BCUT2D eigenvalue weighted by molar-refractivity contribution is 0.0941. The lowest BCUT2D eigenvalue weighted by Gasteiger charge is -2.36. The number of fused-ring (bicyclic) bond motifs is 2. The number of ketones is 2. The summed E-state index contributed by atoms with van der Waals surface area (Å²) in [5, 5.41) is 0. The molecule has 0 N–H and O–H groups in total. The van der Waals surface area contributed by atoms with Crippen molar-refractivity contribution in [2.75, 3.05) is 0 Å². The van der Waals surface area contributed by atoms with Crippen LogP contribution in [-0.4, -0.2) is 21.5 Å².